The molecule has 4 fully saturated rings. The smallest absolute Gasteiger partial charge is 0.0861 e. The Kier molecular flexibility index (Phi) is 13.0. The summed E-state index contributed by atoms with van der Waals surface area (Å²) in [6, 6.07) is 18.9. The number of hydrogen-bond acceptors (Lipinski definition) is 1. The molecule has 0 N–H and O–H groups in total. The first kappa shape index (κ1) is 35.2. The lowest BCUT2D eigenvalue weighted by Gasteiger charge is -2.43. The number of hydrogen-bond donors (Lipinski definition) is 0. The molecule has 2 unspecified atom stereocenters. The first-order chi connectivity index (χ1) is 23.0. The molecule has 0 aliphatic heterocycles. The van der Waals surface area contributed by atoms with Gasteiger partial charge in [0.05, 0.1) is 12.2 Å². The van der Waals surface area contributed by atoms with Crippen LogP contribution in [0.25, 0.3) is 0 Å². The molecule has 0 heterocycles. The summed E-state index contributed by atoms with van der Waals surface area (Å²) in [7, 11) is 0. The molecule has 2 aromatic rings. The van der Waals surface area contributed by atoms with Crippen molar-refractivity contribution in [1.29, 1.82) is 0 Å². The molecule has 0 bridgehead atoms. The predicted octanol–water partition coefficient (Wildman–Crippen LogP) is 13.9. The second kappa shape index (κ2) is 17.4. The van der Waals surface area contributed by atoms with E-state index in [1.165, 1.54) is 151 Å². The topological polar surface area (TPSA) is 9.23 Å². The Balaban J connectivity index is 1.14. The maximum Gasteiger partial charge on any atom is 0.0861 e. The van der Waals surface area contributed by atoms with Crippen molar-refractivity contribution in [3.05, 3.63) is 70.8 Å². The molecule has 47 heavy (non-hydrogen) atoms. The molecule has 2 aromatic carbocycles. The summed E-state index contributed by atoms with van der Waals surface area (Å²) in [6.07, 6.45) is 29.0. The molecule has 1 heteroatoms. The quantitative estimate of drug-likeness (QED) is 0.225. The molecule has 4 aliphatic rings. The van der Waals surface area contributed by atoms with Gasteiger partial charge in [-0.3, -0.25) is 0 Å². The summed E-state index contributed by atoms with van der Waals surface area (Å²) in [5, 5.41) is 0. The Bertz CT molecular complexity index is 1060. The third-order valence-corrected chi connectivity index (χ3v) is 14.1. The minimum absolute atomic E-state index is 0.203. The van der Waals surface area contributed by atoms with Gasteiger partial charge in [-0.15, -0.1) is 0 Å². The molecular weight excluding hydrogens is 569 g/mol. The largest absolute Gasteiger partial charge is 0.365 e. The SMILES string of the molecule is CCCC1CCC(C2CCC(C(OC(c3ccc(C)cc3)C3CCC(C4CCC(CCC)CC4)CC3)c3ccc(C)cc3)CC2)CC1. The van der Waals surface area contributed by atoms with Gasteiger partial charge in [0.25, 0.3) is 0 Å². The van der Waals surface area contributed by atoms with Crippen LogP contribution in [-0.4, -0.2) is 0 Å². The molecule has 4 saturated carbocycles. The fourth-order valence-corrected chi connectivity index (χ4v) is 11.1. The van der Waals surface area contributed by atoms with Crippen molar-refractivity contribution in [1.82, 2.24) is 0 Å². The van der Waals surface area contributed by atoms with Gasteiger partial charge in [-0.25, -0.2) is 0 Å². The van der Waals surface area contributed by atoms with Crippen molar-refractivity contribution in [3.8, 4) is 0 Å². The van der Waals surface area contributed by atoms with E-state index in [4.69, 9.17) is 4.74 Å². The molecule has 6 rings (SSSR count). The Hall–Kier alpha value is -1.60. The highest BCUT2D eigenvalue weighted by Crippen LogP contribution is 2.50. The average Bonchev–Trinajstić information content (AvgIpc) is 3.11. The van der Waals surface area contributed by atoms with E-state index in [9.17, 15) is 0 Å². The van der Waals surface area contributed by atoms with Crippen LogP contribution < -0.4 is 0 Å². The van der Waals surface area contributed by atoms with E-state index < -0.39 is 0 Å². The summed E-state index contributed by atoms with van der Waals surface area (Å²) in [6.45, 7) is 9.19. The lowest BCUT2D eigenvalue weighted by atomic mass is 9.67. The molecular formula is C46H70O. The maximum absolute atomic E-state index is 7.62. The maximum atomic E-state index is 7.62. The van der Waals surface area contributed by atoms with Crippen LogP contribution in [0.15, 0.2) is 48.5 Å². The highest BCUT2D eigenvalue weighted by Gasteiger charge is 2.39. The molecule has 0 spiro atoms. The zero-order valence-corrected chi connectivity index (χ0v) is 30.9. The summed E-state index contributed by atoms with van der Waals surface area (Å²) in [5.41, 5.74) is 5.56. The number of ether oxygens (including phenoxy) is 1. The first-order valence-corrected chi connectivity index (χ1v) is 20.8. The van der Waals surface area contributed by atoms with Crippen molar-refractivity contribution in [3.63, 3.8) is 0 Å². The molecule has 0 radical (unpaired) electrons. The van der Waals surface area contributed by atoms with Crippen LogP contribution >= 0.6 is 0 Å². The van der Waals surface area contributed by atoms with Gasteiger partial charge in [0.1, 0.15) is 0 Å². The minimum Gasteiger partial charge on any atom is -0.365 e. The molecule has 0 amide bonds. The monoisotopic (exact) mass is 639 g/mol. The Labute approximate surface area is 290 Å². The molecule has 1 nitrogen and oxygen atoms in total. The zero-order valence-electron chi connectivity index (χ0n) is 30.9. The van der Waals surface area contributed by atoms with Crippen molar-refractivity contribution < 1.29 is 4.74 Å². The number of benzene rings is 2. The Morgan fingerprint density at radius 3 is 1.04 bits per heavy atom. The van der Waals surface area contributed by atoms with E-state index in [1.54, 1.807) is 0 Å². The van der Waals surface area contributed by atoms with Crippen molar-refractivity contribution in [2.24, 2.45) is 47.3 Å². The highest BCUT2D eigenvalue weighted by molar-refractivity contribution is 5.26. The zero-order chi connectivity index (χ0) is 32.6. The molecule has 0 saturated heterocycles. The summed E-state index contributed by atoms with van der Waals surface area (Å²) in [5.74, 6) is 7.17. The van der Waals surface area contributed by atoms with E-state index in [0.717, 1.165) is 35.5 Å². The number of aryl methyl sites for hydroxylation is 2. The van der Waals surface area contributed by atoms with E-state index in [0.29, 0.717) is 11.8 Å². The van der Waals surface area contributed by atoms with Crippen molar-refractivity contribution in [2.75, 3.05) is 0 Å². The van der Waals surface area contributed by atoms with Gasteiger partial charge in [-0.05, 0) is 149 Å². The van der Waals surface area contributed by atoms with Gasteiger partial charge in [0.2, 0.25) is 0 Å². The van der Waals surface area contributed by atoms with Crippen molar-refractivity contribution in [2.45, 2.75) is 168 Å². The van der Waals surface area contributed by atoms with E-state index in [-0.39, 0.29) is 12.2 Å². The Morgan fingerprint density at radius 1 is 0.447 bits per heavy atom. The second-order valence-corrected chi connectivity index (χ2v) is 17.3. The van der Waals surface area contributed by atoms with Crippen LogP contribution in [0.1, 0.15) is 177 Å². The third-order valence-electron chi connectivity index (χ3n) is 14.1. The molecule has 260 valence electrons. The van der Waals surface area contributed by atoms with Crippen molar-refractivity contribution >= 4 is 0 Å². The summed E-state index contributed by atoms with van der Waals surface area (Å²) < 4.78 is 7.62. The lowest BCUT2D eigenvalue weighted by molar-refractivity contribution is -0.0934. The van der Waals surface area contributed by atoms with E-state index in [1.807, 2.05) is 0 Å². The van der Waals surface area contributed by atoms with Crippen LogP contribution in [0.5, 0.6) is 0 Å². The van der Waals surface area contributed by atoms with Gasteiger partial charge in [0, 0.05) is 0 Å². The molecule has 4 aliphatic carbocycles. The van der Waals surface area contributed by atoms with Gasteiger partial charge < -0.3 is 4.74 Å². The fraction of sp³-hybridized carbons (Fsp3) is 0.739. The third kappa shape index (κ3) is 9.35. The summed E-state index contributed by atoms with van der Waals surface area (Å²) in [4.78, 5) is 0. The van der Waals surface area contributed by atoms with E-state index in [2.05, 4.69) is 76.2 Å². The van der Waals surface area contributed by atoms with Gasteiger partial charge >= 0.3 is 0 Å². The van der Waals surface area contributed by atoms with Gasteiger partial charge in [-0.1, -0.05) is 125 Å². The van der Waals surface area contributed by atoms with Crippen LogP contribution in [-0.2, 0) is 4.74 Å². The number of rotatable bonds is 12. The van der Waals surface area contributed by atoms with Gasteiger partial charge in [-0.2, -0.15) is 0 Å². The fourth-order valence-electron chi connectivity index (χ4n) is 11.1. The standard InChI is InChI=1S/C46H70O/c1-5-7-35-13-21-37(22-14-35)39-25-29-43(30-26-39)45(41-17-9-33(3)10-18-41)47-46(42-19-11-34(4)12-20-42)44-31-27-40(28-32-44)38-23-15-36(8-6-2)16-24-38/h9-12,17-20,35-40,43-46H,5-8,13-16,21-32H2,1-4H3. The van der Waals surface area contributed by atoms with Crippen LogP contribution in [0.4, 0.5) is 0 Å². The molecule has 0 aromatic heterocycles. The van der Waals surface area contributed by atoms with Crippen LogP contribution in [0.3, 0.4) is 0 Å². The second-order valence-electron chi connectivity index (χ2n) is 17.3. The predicted molar refractivity (Wildman–Crippen MR) is 201 cm³/mol. The average molecular weight is 639 g/mol. The van der Waals surface area contributed by atoms with Crippen LogP contribution in [0, 0.1) is 61.2 Å². The minimum atomic E-state index is 0.203. The lowest BCUT2D eigenvalue weighted by Crippen LogP contribution is -2.31. The summed E-state index contributed by atoms with van der Waals surface area (Å²) >= 11 is 0. The molecule has 2 atom stereocenters. The highest BCUT2D eigenvalue weighted by atomic mass is 16.5. The Morgan fingerprint density at radius 2 is 0.745 bits per heavy atom. The van der Waals surface area contributed by atoms with Crippen LogP contribution in [0.2, 0.25) is 0 Å². The van der Waals surface area contributed by atoms with Gasteiger partial charge in [0.15, 0.2) is 0 Å². The first-order valence-electron chi connectivity index (χ1n) is 20.8. The van der Waals surface area contributed by atoms with E-state index >= 15 is 0 Å². The normalized spacial score (nSPS) is 33.3.